The Balaban J connectivity index is 0.000000559. The number of nitrogens with zero attached hydrogens (tertiary/aromatic N) is 2. The summed E-state index contributed by atoms with van der Waals surface area (Å²) in [5.41, 5.74) is 2.20. The van der Waals surface area contributed by atoms with Crippen molar-refractivity contribution >= 4 is 11.9 Å². The lowest BCUT2D eigenvalue weighted by molar-refractivity contribution is -0.192. The number of carboxylic acids is 1. The molecule has 1 amide bonds. The Labute approximate surface area is 232 Å². The zero-order chi connectivity index (χ0) is 29.3. The zero-order valence-corrected chi connectivity index (χ0v) is 23.1. The Morgan fingerprint density at radius 2 is 1.48 bits per heavy atom. The Kier molecular flexibility index (Phi) is 10.7. The molecule has 0 saturated carbocycles. The first kappa shape index (κ1) is 31.1. The molecular weight excluding hydrogens is 529 g/mol. The molecule has 2 aliphatic rings. The van der Waals surface area contributed by atoms with Crippen LogP contribution in [-0.2, 0) is 11.3 Å². The normalized spacial score (nSPS) is 17.0. The van der Waals surface area contributed by atoms with Gasteiger partial charge in [0.1, 0.15) is 5.75 Å². The molecule has 2 aromatic rings. The van der Waals surface area contributed by atoms with Crippen LogP contribution in [0, 0.1) is 5.41 Å². The van der Waals surface area contributed by atoms with Crippen molar-refractivity contribution in [2.45, 2.75) is 45.3 Å². The Morgan fingerprint density at radius 3 is 2.02 bits per heavy atom. The number of rotatable bonds is 7. The highest BCUT2D eigenvalue weighted by Gasteiger charge is 2.39. The van der Waals surface area contributed by atoms with Crippen LogP contribution in [0.15, 0.2) is 42.5 Å². The van der Waals surface area contributed by atoms with Crippen LogP contribution >= 0.6 is 0 Å². The molecule has 2 heterocycles. The first-order valence-electron chi connectivity index (χ1n) is 13.3. The lowest BCUT2D eigenvalue weighted by atomic mass is 9.71. The molecular formula is C29H37F3N2O6. The maximum absolute atomic E-state index is 13.2. The average molecular weight is 567 g/mol. The standard InChI is InChI=1S/C27H36N2O4.C2HF3O2/c1-4-33-23-10-6-5-8-21(23)20-28-16-12-27(13-17-28)14-18-29(19-15-27)26(30)22-9-7-11-24(31-2)25(22)32-3;3-2(4,5)1(6)7/h5-11H,4,12-20H2,1-3H3;(H,6,7). The summed E-state index contributed by atoms with van der Waals surface area (Å²) in [6.45, 7) is 7.45. The maximum atomic E-state index is 13.2. The van der Waals surface area contributed by atoms with Gasteiger partial charge in [0.15, 0.2) is 11.5 Å². The second kappa shape index (κ2) is 13.7. The molecule has 2 aromatic carbocycles. The fourth-order valence-electron chi connectivity index (χ4n) is 5.27. The van der Waals surface area contributed by atoms with Crippen molar-refractivity contribution in [2.75, 3.05) is 47.0 Å². The zero-order valence-electron chi connectivity index (χ0n) is 23.1. The van der Waals surface area contributed by atoms with Crippen LogP contribution < -0.4 is 14.2 Å². The van der Waals surface area contributed by atoms with Gasteiger partial charge in [0.25, 0.3) is 5.91 Å². The summed E-state index contributed by atoms with van der Waals surface area (Å²) in [6, 6.07) is 13.9. The molecule has 4 rings (SSSR count). The lowest BCUT2D eigenvalue weighted by Crippen LogP contribution is -2.48. The average Bonchev–Trinajstić information content (AvgIpc) is 2.95. The Hall–Kier alpha value is -3.47. The molecule has 0 bridgehead atoms. The number of carbonyl (C=O) groups is 2. The molecule has 0 atom stereocenters. The highest BCUT2D eigenvalue weighted by Crippen LogP contribution is 2.42. The smallest absolute Gasteiger partial charge is 0.490 e. The highest BCUT2D eigenvalue weighted by molar-refractivity contribution is 5.97. The second-order valence-corrected chi connectivity index (χ2v) is 9.95. The van der Waals surface area contributed by atoms with Gasteiger partial charge in [0.05, 0.1) is 26.4 Å². The first-order valence-corrected chi connectivity index (χ1v) is 13.3. The number of hydrogen-bond acceptors (Lipinski definition) is 6. The van der Waals surface area contributed by atoms with Gasteiger partial charge < -0.3 is 24.2 Å². The first-order chi connectivity index (χ1) is 19.0. The molecule has 0 aromatic heterocycles. The van der Waals surface area contributed by atoms with Crippen molar-refractivity contribution in [1.82, 2.24) is 9.80 Å². The number of likely N-dealkylation sites (tertiary alicyclic amines) is 2. The predicted octanol–water partition coefficient (Wildman–Crippen LogP) is 5.25. The number of methoxy groups -OCH3 is 2. The highest BCUT2D eigenvalue weighted by atomic mass is 19.4. The van der Waals surface area contributed by atoms with E-state index in [9.17, 15) is 18.0 Å². The fraction of sp³-hybridized carbons (Fsp3) is 0.517. The van der Waals surface area contributed by atoms with E-state index in [-0.39, 0.29) is 5.91 Å². The van der Waals surface area contributed by atoms with Gasteiger partial charge in [-0.15, -0.1) is 0 Å². The van der Waals surface area contributed by atoms with E-state index in [1.165, 1.54) is 18.4 Å². The minimum Gasteiger partial charge on any atom is -0.494 e. The quantitative estimate of drug-likeness (QED) is 0.490. The van der Waals surface area contributed by atoms with Gasteiger partial charge in [-0.25, -0.2) is 4.79 Å². The number of benzene rings is 2. The number of aliphatic carboxylic acids is 1. The number of halogens is 3. The van der Waals surface area contributed by atoms with Gasteiger partial charge >= 0.3 is 12.1 Å². The van der Waals surface area contributed by atoms with Crippen LogP contribution in [0.1, 0.15) is 48.5 Å². The van der Waals surface area contributed by atoms with E-state index >= 15 is 0 Å². The van der Waals surface area contributed by atoms with Crippen LogP contribution in [0.25, 0.3) is 0 Å². The van der Waals surface area contributed by atoms with Crippen molar-refractivity contribution in [1.29, 1.82) is 0 Å². The Bertz CT molecular complexity index is 1140. The van der Waals surface area contributed by atoms with Gasteiger partial charge in [-0.2, -0.15) is 13.2 Å². The number of para-hydroxylation sites is 2. The molecule has 2 fully saturated rings. The molecule has 0 unspecified atom stereocenters. The van der Waals surface area contributed by atoms with E-state index < -0.39 is 12.1 Å². The third kappa shape index (κ3) is 7.80. The largest absolute Gasteiger partial charge is 0.494 e. The van der Waals surface area contributed by atoms with E-state index in [4.69, 9.17) is 24.1 Å². The van der Waals surface area contributed by atoms with Crippen LogP contribution in [0.5, 0.6) is 17.2 Å². The molecule has 1 N–H and O–H groups in total. The summed E-state index contributed by atoms with van der Waals surface area (Å²) < 4.78 is 48.4. The minimum atomic E-state index is -5.08. The van der Waals surface area contributed by atoms with E-state index in [2.05, 4.69) is 23.1 Å². The number of amides is 1. The molecule has 1 spiro atoms. The van der Waals surface area contributed by atoms with Gasteiger partial charge in [0, 0.05) is 25.2 Å². The summed E-state index contributed by atoms with van der Waals surface area (Å²) in [5.74, 6) is -0.612. The third-order valence-electron chi connectivity index (χ3n) is 7.57. The van der Waals surface area contributed by atoms with Crippen LogP contribution in [0.2, 0.25) is 0 Å². The van der Waals surface area contributed by atoms with E-state index in [0.717, 1.165) is 51.3 Å². The minimum absolute atomic E-state index is 0.0329. The molecule has 0 aliphatic carbocycles. The fourth-order valence-corrected chi connectivity index (χ4v) is 5.27. The maximum Gasteiger partial charge on any atom is 0.490 e. The van der Waals surface area contributed by atoms with Crippen molar-refractivity contribution < 1.29 is 42.1 Å². The van der Waals surface area contributed by atoms with Crippen molar-refractivity contribution in [3.63, 3.8) is 0 Å². The summed E-state index contributed by atoms with van der Waals surface area (Å²) in [5, 5.41) is 7.12. The van der Waals surface area contributed by atoms with E-state index in [1.54, 1.807) is 14.2 Å². The van der Waals surface area contributed by atoms with Crippen LogP contribution in [-0.4, -0.2) is 80.0 Å². The van der Waals surface area contributed by atoms with Crippen molar-refractivity contribution in [2.24, 2.45) is 5.41 Å². The van der Waals surface area contributed by atoms with Crippen LogP contribution in [0.4, 0.5) is 13.2 Å². The topological polar surface area (TPSA) is 88.5 Å². The van der Waals surface area contributed by atoms with Crippen LogP contribution in [0.3, 0.4) is 0 Å². The van der Waals surface area contributed by atoms with E-state index in [0.29, 0.717) is 29.1 Å². The molecule has 11 heteroatoms. The van der Waals surface area contributed by atoms with E-state index in [1.807, 2.05) is 36.1 Å². The number of carbonyl (C=O) groups excluding carboxylic acids is 1. The summed E-state index contributed by atoms with van der Waals surface area (Å²) in [4.78, 5) is 26.6. The number of hydrogen-bond donors (Lipinski definition) is 1. The molecule has 2 saturated heterocycles. The summed E-state index contributed by atoms with van der Waals surface area (Å²) >= 11 is 0. The third-order valence-corrected chi connectivity index (χ3v) is 7.57. The monoisotopic (exact) mass is 566 g/mol. The molecule has 2 aliphatic heterocycles. The Morgan fingerprint density at radius 1 is 0.900 bits per heavy atom. The van der Waals surface area contributed by atoms with Gasteiger partial charge in [0.2, 0.25) is 0 Å². The molecule has 8 nitrogen and oxygen atoms in total. The second-order valence-electron chi connectivity index (χ2n) is 9.95. The molecule has 0 radical (unpaired) electrons. The van der Waals surface area contributed by atoms with Gasteiger partial charge in [-0.05, 0) is 69.3 Å². The lowest BCUT2D eigenvalue weighted by Gasteiger charge is -2.47. The van der Waals surface area contributed by atoms with Gasteiger partial charge in [-0.3, -0.25) is 9.69 Å². The molecule has 220 valence electrons. The van der Waals surface area contributed by atoms with Gasteiger partial charge in [-0.1, -0.05) is 24.3 Å². The summed E-state index contributed by atoms with van der Waals surface area (Å²) in [7, 11) is 3.18. The number of alkyl halides is 3. The number of carboxylic acid groups (broad SMARTS) is 1. The number of ether oxygens (including phenoxy) is 3. The number of piperidine rings is 2. The van der Waals surface area contributed by atoms with Crippen molar-refractivity contribution in [3.8, 4) is 17.2 Å². The molecule has 40 heavy (non-hydrogen) atoms. The predicted molar refractivity (Wildman–Crippen MR) is 143 cm³/mol. The SMILES string of the molecule is CCOc1ccccc1CN1CCC2(CC1)CCN(C(=O)c1cccc(OC)c1OC)CC2.O=C(O)C(F)(F)F. The van der Waals surface area contributed by atoms with Crippen molar-refractivity contribution in [3.05, 3.63) is 53.6 Å². The summed E-state index contributed by atoms with van der Waals surface area (Å²) in [6.07, 6.45) is -0.578.